The van der Waals surface area contributed by atoms with Crippen LogP contribution in [0.3, 0.4) is 0 Å². The van der Waals surface area contributed by atoms with Gasteiger partial charge < -0.3 is 39.0 Å². The summed E-state index contributed by atoms with van der Waals surface area (Å²) in [5.41, 5.74) is -0.720. The number of ether oxygens (including phenoxy) is 5. The lowest BCUT2D eigenvalue weighted by Crippen LogP contribution is -2.62. The summed E-state index contributed by atoms with van der Waals surface area (Å²) in [4.78, 5) is 24.2. The van der Waals surface area contributed by atoms with E-state index in [4.69, 9.17) is 23.7 Å². The minimum Gasteiger partial charge on any atom is -0.462 e. The summed E-state index contributed by atoms with van der Waals surface area (Å²) in [5.74, 6) is -0.234. The molecule has 0 aromatic carbocycles. The van der Waals surface area contributed by atoms with Gasteiger partial charge in [-0.2, -0.15) is 0 Å². The van der Waals surface area contributed by atoms with Gasteiger partial charge >= 0.3 is 11.9 Å². The summed E-state index contributed by atoms with van der Waals surface area (Å²) in [6.07, 6.45) is 3.36. The monoisotopic (exact) mass is 592 g/mol. The third-order valence-corrected chi connectivity index (χ3v) is 12.6. The van der Waals surface area contributed by atoms with Gasteiger partial charge in [0.2, 0.25) is 0 Å². The molecule has 0 unspecified atom stereocenters. The topological polar surface area (TPSA) is 141 Å². The van der Waals surface area contributed by atoms with E-state index in [9.17, 15) is 24.9 Å². The van der Waals surface area contributed by atoms with Crippen molar-refractivity contribution in [3.63, 3.8) is 0 Å². The van der Waals surface area contributed by atoms with Crippen molar-refractivity contribution in [3.05, 3.63) is 11.6 Å². The Morgan fingerprint density at radius 3 is 2.50 bits per heavy atom. The molecule has 236 valence electrons. The van der Waals surface area contributed by atoms with Crippen molar-refractivity contribution in [3.8, 4) is 0 Å². The van der Waals surface area contributed by atoms with Crippen LogP contribution in [0.5, 0.6) is 0 Å². The van der Waals surface area contributed by atoms with Crippen molar-refractivity contribution < 1.29 is 48.6 Å². The summed E-state index contributed by atoms with van der Waals surface area (Å²) in [7, 11) is 1.47. The Bertz CT molecular complexity index is 1110. The molecule has 0 amide bonds. The summed E-state index contributed by atoms with van der Waals surface area (Å²) in [6, 6.07) is 0. The quantitative estimate of drug-likeness (QED) is 0.322. The van der Waals surface area contributed by atoms with Crippen LogP contribution in [0.15, 0.2) is 11.6 Å². The summed E-state index contributed by atoms with van der Waals surface area (Å²) < 4.78 is 28.7. The van der Waals surface area contributed by atoms with Crippen molar-refractivity contribution in [1.29, 1.82) is 0 Å². The molecular weight excluding hydrogens is 544 g/mol. The standard InChI is InChI=1S/C32H48O10/c1-16-26(35)28(38-5)27(36)29(40-16)42-20-8-10-30(3)19(13-20)6-7-22-21(30)9-11-31(4)25(18-12-24(34)39-15-18)23(41-17(2)33)14-32(22,31)37/h12,16,19-23,25-29,35-37H,6-11,13-15H2,1-5H3/t16-,19-,20-,21+,22-,23+,25+,26-,27+,28-,29-,30-,31+,32-/m0/s1. The van der Waals surface area contributed by atoms with E-state index in [2.05, 4.69) is 13.8 Å². The van der Waals surface area contributed by atoms with E-state index in [1.54, 1.807) is 6.92 Å². The average Bonchev–Trinajstić information content (AvgIpc) is 3.44. The number of esters is 2. The molecule has 2 heterocycles. The number of methoxy groups -OCH3 is 1. The van der Waals surface area contributed by atoms with Crippen LogP contribution < -0.4 is 0 Å². The number of hydrogen-bond acceptors (Lipinski definition) is 10. The van der Waals surface area contributed by atoms with Gasteiger partial charge in [0.15, 0.2) is 6.29 Å². The normalized spacial score (nSPS) is 52.0. The highest BCUT2D eigenvalue weighted by molar-refractivity contribution is 5.85. The fourth-order valence-corrected chi connectivity index (χ4v) is 10.4. The number of aliphatic hydroxyl groups excluding tert-OH is 2. The van der Waals surface area contributed by atoms with Crippen molar-refractivity contribution >= 4 is 11.9 Å². The highest BCUT2D eigenvalue weighted by Crippen LogP contribution is 2.70. The fraction of sp³-hybridized carbons (Fsp3) is 0.875. The van der Waals surface area contributed by atoms with E-state index >= 15 is 0 Å². The van der Waals surface area contributed by atoms with Crippen LogP contribution in [0, 0.1) is 34.5 Å². The number of cyclic esters (lactones) is 1. The fourth-order valence-electron chi connectivity index (χ4n) is 10.4. The van der Waals surface area contributed by atoms with Crippen LogP contribution in [0.2, 0.25) is 0 Å². The molecule has 10 nitrogen and oxygen atoms in total. The third-order valence-electron chi connectivity index (χ3n) is 12.6. The Morgan fingerprint density at radius 1 is 1.07 bits per heavy atom. The summed E-state index contributed by atoms with van der Waals surface area (Å²) in [5, 5.41) is 33.8. The number of aliphatic hydroxyl groups is 3. The summed E-state index contributed by atoms with van der Waals surface area (Å²) in [6.45, 7) is 7.85. The van der Waals surface area contributed by atoms with E-state index in [0.717, 1.165) is 50.5 Å². The molecule has 1 saturated heterocycles. The number of carbonyl (C=O) groups is 2. The van der Waals surface area contributed by atoms with Crippen molar-refractivity contribution in [2.45, 2.75) is 128 Å². The Labute approximate surface area is 248 Å². The van der Waals surface area contributed by atoms with Gasteiger partial charge in [0.25, 0.3) is 0 Å². The highest BCUT2D eigenvalue weighted by Gasteiger charge is 2.71. The van der Waals surface area contributed by atoms with E-state index in [1.807, 2.05) is 0 Å². The van der Waals surface area contributed by atoms with Gasteiger partial charge in [-0.25, -0.2) is 4.79 Å². The van der Waals surface area contributed by atoms with Crippen LogP contribution in [0.1, 0.15) is 79.1 Å². The number of fused-ring (bicyclic) bond motifs is 5. The summed E-state index contributed by atoms with van der Waals surface area (Å²) >= 11 is 0. The van der Waals surface area contributed by atoms with Crippen LogP contribution in [-0.4, -0.2) is 89.5 Å². The van der Waals surface area contributed by atoms with Crippen molar-refractivity contribution in [2.75, 3.05) is 13.7 Å². The molecule has 0 bridgehead atoms. The van der Waals surface area contributed by atoms with Crippen LogP contribution in [-0.2, 0) is 33.3 Å². The van der Waals surface area contributed by atoms with Crippen LogP contribution in [0.4, 0.5) is 0 Å². The van der Waals surface area contributed by atoms with E-state index in [1.165, 1.54) is 20.1 Å². The molecule has 4 aliphatic carbocycles. The Morgan fingerprint density at radius 2 is 1.83 bits per heavy atom. The minimum atomic E-state index is -1.08. The van der Waals surface area contributed by atoms with Crippen LogP contribution >= 0.6 is 0 Å². The molecule has 0 aromatic heterocycles. The zero-order valence-corrected chi connectivity index (χ0v) is 25.5. The lowest BCUT2D eigenvalue weighted by atomic mass is 9.43. The zero-order chi connectivity index (χ0) is 30.2. The van der Waals surface area contributed by atoms with E-state index < -0.39 is 47.8 Å². The Balaban J connectivity index is 1.20. The molecule has 0 aromatic rings. The number of rotatable bonds is 5. The molecular formula is C32H48O10. The molecule has 6 aliphatic rings. The predicted octanol–water partition coefficient (Wildman–Crippen LogP) is 2.65. The minimum absolute atomic E-state index is 0.0190. The average molecular weight is 593 g/mol. The van der Waals surface area contributed by atoms with Gasteiger partial charge in [-0.15, -0.1) is 0 Å². The van der Waals surface area contributed by atoms with Gasteiger partial charge in [0, 0.05) is 37.9 Å². The second-order valence-electron chi connectivity index (χ2n) is 14.5. The largest absolute Gasteiger partial charge is 0.462 e. The van der Waals surface area contributed by atoms with Gasteiger partial charge in [0.05, 0.1) is 17.8 Å². The first kappa shape index (κ1) is 30.5. The lowest BCUT2D eigenvalue weighted by Gasteiger charge is -2.63. The Kier molecular flexibility index (Phi) is 7.84. The van der Waals surface area contributed by atoms with Crippen molar-refractivity contribution in [1.82, 2.24) is 0 Å². The van der Waals surface area contributed by atoms with Gasteiger partial charge in [-0.05, 0) is 80.6 Å². The number of hydrogen-bond donors (Lipinski definition) is 3. The SMILES string of the molecule is CO[C@H]1[C@@H](O)[C@H](C)O[C@@H](O[C@H]2CC[C@@]3(C)[C@@H](CC[C@H]4[C@H]3CC[C@]3(C)[C@H](C5=CC(=O)OC5)[C@H](OC(C)=O)C[C@]43O)C2)[C@@H]1O. The molecule has 0 radical (unpaired) electrons. The molecule has 2 aliphatic heterocycles. The van der Waals surface area contributed by atoms with Crippen molar-refractivity contribution in [2.24, 2.45) is 34.5 Å². The maximum Gasteiger partial charge on any atom is 0.331 e. The van der Waals surface area contributed by atoms with Gasteiger partial charge in [-0.3, -0.25) is 4.79 Å². The molecule has 14 atom stereocenters. The Hall–Kier alpha value is -1.56. The maximum absolute atomic E-state index is 12.7. The number of carbonyl (C=O) groups excluding carboxylic acids is 2. The molecule has 10 heteroatoms. The highest BCUT2D eigenvalue weighted by atomic mass is 16.7. The smallest absolute Gasteiger partial charge is 0.331 e. The van der Waals surface area contributed by atoms with E-state index in [-0.39, 0.29) is 41.9 Å². The predicted molar refractivity (Wildman–Crippen MR) is 149 cm³/mol. The molecule has 5 fully saturated rings. The molecule has 3 N–H and O–H groups in total. The first-order chi connectivity index (χ1) is 19.8. The van der Waals surface area contributed by atoms with Crippen LogP contribution in [0.25, 0.3) is 0 Å². The van der Waals surface area contributed by atoms with Gasteiger partial charge in [0.1, 0.15) is 31.0 Å². The second-order valence-corrected chi connectivity index (χ2v) is 14.5. The second kappa shape index (κ2) is 10.8. The first-order valence-corrected chi connectivity index (χ1v) is 15.8. The van der Waals surface area contributed by atoms with Gasteiger partial charge in [-0.1, -0.05) is 13.8 Å². The maximum atomic E-state index is 12.7. The first-order valence-electron chi connectivity index (χ1n) is 15.8. The lowest BCUT2D eigenvalue weighted by molar-refractivity contribution is -0.313. The molecule has 42 heavy (non-hydrogen) atoms. The molecule has 6 rings (SSSR count). The van der Waals surface area contributed by atoms with E-state index in [0.29, 0.717) is 18.3 Å². The third kappa shape index (κ3) is 4.58. The molecule has 0 spiro atoms. The zero-order valence-electron chi connectivity index (χ0n) is 25.5. The molecule has 4 saturated carbocycles.